The molecule has 0 bridgehead atoms. The number of alkyl halides is 1. The fourth-order valence-electron chi connectivity index (χ4n) is 2.80. The zero-order chi connectivity index (χ0) is 14.8. The van der Waals surface area contributed by atoms with Crippen molar-refractivity contribution in [2.45, 2.75) is 38.3 Å². The quantitative estimate of drug-likeness (QED) is 0.786. The molecule has 6 heteroatoms. The number of halogens is 3. The molecule has 1 atom stereocenters. The lowest BCUT2D eigenvalue weighted by molar-refractivity contribution is 0.00621. The highest BCUT2D eigenvalue weighted by atomic mass is 35.5. The van der Waals surface area contributed by atoms with Gasteiger partial charge in [-0.25, -0.2) is 9.37 Å². The number of fused-ring (bicyclic) bond motifs is 1. The summed E-state index contributed by atoms with van der Waals surface area (Å²) in [6.07, 6.45) is 4.10. The maximum atomic E-state index is 13.8. The van der Waals surface area contributed by atoms with Crippen LogP contribution in [-0.2, 0) is 17.7 Å². The van der Waals surface area contributed by atoms with E-state index in [-0.39, 0.29) is 11.1 Å². The van der Waals surface area contributed by atoms with Crippen LogP contribution in [0, 0.1) is 5.82 Å². The number of hydrogen-bond donors (Lipinski definition) is 0. The zero-order valence-corrected chi connectivity index (χ0v) is 13.1. The fraction of sp³-hybridized carbons (Fsp3) is 0.533. The number of nitrogens with zero attached hydrogens (tertiary/aromatic N) is 2. The highest BCUT2D eigenvalue weighted by Gasteiger charge is 2.19. The second-order valence-electron chi connectivity index (χ2n) is 5.32. The topological polar surface area (TPSA) is 27.1 Å². The average Bonchev–Trinajstić information content (AvgIpc) is 2.79. The summed E-state index contributed by atoms with van der Waals surface area (Å²) in [5, 5.41) is 0.0958. The van der Waals surface area contributed by atoms with Gasteiger partial charge < -0.3 is 9.30 Å². The number of aryl methyl sites for hydroxylation is 1. The van der Waals surface area contributed by atoms with E-state index in [0.717, 1.165) is 30.8 Å². The van der Waals surface area contributed by atoms with Crippen molar-refractivity contribution in [3.05, 3.63) is 28.8 Å². The molecular weight excluding hydrogens is 314 g/mol. The third-order valence-corrected chi connectivity index (χ3v) is 4.33. The summed E-state index contributed by atoms with van der Waals surface area (Å²) in [4.78, 5) is 4.54. The van der Waals surface area contributed by atoms with E-state index in [1.165, 1.54) is 12.5 Å². The number of aromatic nitrogens is 2. The molecule has 114 valence electrons. The summed E-state index contributed by atoms with van der Waals surface area (Å²) in [6, 6.07) is 3.02. The lowest BCUT2D eigenvalue weighted by Crippen LogP contribution is -2.25. The maximum absolute atomic E-state index is 13.8. The van der Waals surface area contributed by atoms with E-state index in [1.807, 2.05) is 4.57 Å². The Kier molecular flexibility index (Phi) is 4.67. The van der Waals surface area contributed by atoms with Crippen LogP contribution in [0.1, 0.15) is 25.1 Å². The average molecular weight is 331 g/mol. The Labute approximate surface area is 133 Å². The van der Waals surface area contributed by atoms with E-state index >= 15 is 0 Å². The Morgan fingerprint density at radius 2 is 2.24 bits per heavy atom. The number of hydrogen-bond acceptors (Lipinski definition) is 2. The van der Waals surface area contributed by atoms with Gasteiger partial charge >= 0.3 is 0 Å². The minimum absolute atomic E-state index is 0.0958. The predicted molar refractivity (Wildman–Crippen MR) is 82.7 cm³/mol. The van der Waals surface area contributed by atoms with Crippen LogP contribution in [-0.4, -0.2) is 28.1 Å². The molecule has 0 aliphatic carbocycles. The van der Waals surface area contributed by atoms with Gasteiger partial charge in [0.15, 0.2) is 0 Å². The van der Waals surface area contributed by atoms with Crippen molar-refractivity contribution in [3.63, 3.8) is 0 Å². The van der Waals surface area contributed by atoms with Gasteiger partial charge in [-0.1, -0.05) is 11.6 Å². The summed E-state index contributed by atoms with van der Waals surface area (Å²) in [6.45, 7) is 1.48. The van der Waals surface area contributed by atoms with Gasteiger partial charge in [0.25, 0.3) is 0 Å². The molecule has 1 aromatic carbocycles. The second-order valence-corrected chi connectivity index (χ2v) is 6.11. The van der Waals surface area contributed by atoms with E-state index in [2.05, 4.69) is 4.98 Å². The highest BCUT2D eigenvalue weighted by molar-refractivity contribution is 6.31. The number of rotatable bonds is 4. The summed E-state index contributed by atoms with van der Waals surface area (Å²) in [5.74, 6) is 0.911. The lowest BCUT2D eigenvalue weighted by Gasteiger charge is -2.24. The standard InChI is InChI=1S/C15H17Cl2FN2O/c16-5-4-15-19-13-7-11(17)12(18)8-14(13)20(15)9-10-3-1-2-6-21-10/h7-8,10H,1-6,9H2. The molecule has 0 saturated carbocycles. The maximum Gasteiger partial charge on any atom is 0.144 e. The third kappa shape index (κ3) is 3.17. The smallest absolute Gasteiger partial charge is 0.144 e. The zero-order valence-electron chi connectivity index (χ0n) is 11.6. The number of imidazole rings is 1. The van der Waals surface area contributed by atoms with Crippen LogP contribution in [0.25, 0.3) is 11.0 Å². The normalized spacial score (nSPS) is 19.3. The minimum Gasteiger partial charge on any atom is -0.376 e. The molecule has 2 aromatic rings. The van der Waals surface area contributed by atoms with Crippen molar-refractivity contribution in [3.8, 4) is 0 Å². The molecule has 1 unspecified atom stereocenters. The van der Waals surface area contributed by atoms with Crippen molar-refractivity contribution in [1.82, 2.24) is 9.55 Å². The first-order chi connectivity index (χ1) is 10.2. The predicted octanol–water partition coefficient (Wildman–Crippen LogP) is 4.18. The number of benzene rings is 1. The van der Waals surface area contributed by atoms with Gasteiger partial charge in [0, 0.05) is 25.0 Å². The van der Waals surface area contributed by atoms with Gasteiger partial charge in [-0.3, -0.25) is 0 Å². The molecular formula is C15H17Cl2FN2O. The Hall–Kier alpha value is -0.840. The SMILES string of the molecule is Fc1cc2c(cc1Cl)nc(CCCl)n2CC1CCCCO1. The monoisotopic (exact) mass is 330 g/mol. The van der Waals surface area contributed by atoms with Crippen molar-refractivity contribution in [2.75, 3.05) is 12.5 Å². The molecule has 0 N–H and O–H groups in total. The van der Waals surface area contributed by atoms with E-state index in [1.54, 1.807) is 6.07 Å². The highest BCUT2D eigenvalue weighted by Crippen LogP contribution is 2.26. The Morgan fingerprint density at radius 1 is 1.38 bits per heavy atom. The third-order valence-electron chi connectivity index (χ3n) is 3.85. The molecule has 3 nitrogen and oxygen atoms in total. The first kappa shape index (κ1) is 15.1. The van der Waals surface area contributed by atoms with E-state index in [9.17, 15) is 4.39 Å². The summed E-state index contributed by atoms with van der Waals surface area (Å²) >= 11 is 11.7. The van der Waals surface area contributed by atoms with Gasteiger partial charge in [0.2, 0.25) is 0 Å². The van der Waals surface area contributed by atoms with Crippen molar-refractivity contribution in [2.24, 2.45) is 0 Å². The van der Waals surface area contributed by atoms with Crippen molar-refractivity contribution in [1.29, 1.82) is 0 Å². The molecule has 0 amide bonds. The van der Waals surface area contributed by atoms with Gasteiger partial charge in [-0.05, 0) is 25.3 Å². The van der Waals surface area contributed by atoms with E-state index in [0.29, 0.717) is 24.4 Å². The summed E-state index contributed by atoms with van der Waals surface area (Å²) in [5.41, 5.74) is 1.46. The Morgan fingerprint density at radius 3 is 2.95 bits per heavy atom. The molecule has 21 heavy (non-hydrogen) atoms. The van der Waals surface area contributed by atoms with Crippen LogP contribution < -0.4 is 0 Å². The Bertz CT molecular complexity index is 638. The first-order valence-corrected chi connectivity index (χ1v) is 8.12. The lowest BCUT2D eigenvalue weighted by atomic mass is 10.1. The molecule has 0 radical (unpaired) electrons. The molecule has 2 heterocycles. The van der Waals surface area contributed by atoms with Gasteiger partial charge in [-0.2, -0.15) is 0 Å². The minimum atomic E-state index is -0.424. The van der Waals surface area contributed by atoms with Crippen LogP contribution >= 0.6 is 23.2 Å². The summed E-state index contributed by atoms with van der Waals surface area (Å²) in [7, 11) is 0. The van der Waals surface area contributed by atoms with Gasteiger partial charge in [0.1, 0.15) is 11.6 Å². The molecule has 1 saturated heterocycles. The van der Waals surface area contributed by atoms with Gasteiger partial charge in [0.05, 0.1) is 28.7 Å². The number of ether oxygens (including phenoxy) is 1. The van der Waals surface area contributed by atoms with Crippen molar-refractivity contribution >= 4 is 34.2 Å². The van der Waals surface area contributed by atoms with Crippen LogP contribution in [0.15, 0.2) is 12.1 Å². The Balaban J connectivity index is 2.00. The second kappa shape index (κ2) is 6.51. The molecule has 1 aromatic heterocycles. The first-order valence-electron chi connectivity index (χ1n) is 7.21. The molecule has 3 rings (SSSR count). The van der Waals surface area contributed by atoms with Crippen LogP contribution in [0.3, 0.4) is 0 Å². The summed E-state index contributed by atoms with van der Waals surface area (Å²) < 4.78 is 21.6. The largest absolute Gasteiger partial charge is 0.376 e. The van der Waals surface area contributed by atoms with Crippen molar-refractivity contribution < 1.29 is 9.13 Å². The van der Waals surface area contributed by atoms with Gasteiger partial charge in [-0.15, -0.1) is 11.6 Å². The van der Waals surface area contributed by atoms with Crippen LogP contribution in [0.5, 0.6) is 0 Å². The van der Waals surface area contributed by atoms with Crippen LogP contribution in [0.2, 0.25) is 5.02 Å². The van der Waals surface area contributed by atoms with E-state index in [4.69, 9.17) is 27.9 Å². The molecule has 0 spiro atoms. The molecule has 1 fully saturated rings. The fourth-order valence-corrected chi connectivity index (χ4v) is 3.13. The molecule has 1 aliphatic rings. The van der Waals surface area contributed by atoms with Crippen LogP contribution in [0.4, 0.5) is 4.39 Å². The molecule has 1 aliphatic heterocycles. The van der Waals surface area contributed by atoms with E-state index < -0.39 is 5.82 Å².